The normalized spacial score (nSPS) is 49.4. The molecule has 196 valence electrons. The first-order valence-corrected chi connectivity index (χ1v) is 14.0. The maximum absolute atomic E-state index is 14.4. The molecule has 0 amide bonds. The Kier molecular flexibility index (Phi) is 5.55. The molecule has 5 rings (SSSR count). The minimum absolute atomic E-state index is 0.000299. The molecular formula is C31H43NO4. The van der Waals surface area contributed by atoms with E-state index in [1.165, 1.54) is 7.11 Å². The summed E-state index contributed by atoms with van der Waals surface area (Å²) in [6.45, 7) is 13.5. The van der Waals surface area contributed by atoms with Crippen LogP contribution in [0.15, 0.2) is 11.6 Å². The van der Waals surface area contributed by atoms with Gasteiger partial charge >= 0.3 is 5.97 Å². The Morgan fingerprint density at radius 2 is 1.67 bits per heavy atom. The smallest absolute Gasteiger partial charge is 0.312 e. The first-order valence-electron chi connectivity index (χ1n) is 14.0. The van der Waals surface area contributed by atoms with Gasteiger partial charge in [0.25, 0.3) is 0 Å². The van der Waals surface area contributed by atoms with E-state index in [9.17, 15) is 19.6 Å². The molecule has 5 nitrogen and oxygen atoms in total. The molecule has 4 saturated carbocycles. The van der Waals surface area contributed by atoms with Gasteiger partial charge in [-0.15, -0.1) is 0 Å². The van der Waals surface area contributed by atoms with Gasteiger partial charge in [0, 0.05) is 18.3 Å². The second-order valence-electron chi connectivity index (χ2n) is 14.5. The molecule has 5 heteroatoms. The molecule has 0 spiro atoms. The SMILES string of the molecule is COC(=O)C12CCC(C)(C)CC1C1C(=O)CC3C4(C)C=C(C#N)C(=O)C(C)C4CCC3(C)C1(C)CC2. The Bertz CT molecular complexity index is 1100. The summed E-state index contributed by atoms with van der Waals surface area (Å²) in [5.41, 5.74) is -0.912. The third-order valence-electron chi connectivity index (χ3n) is 12.7. The Hall–Kier alpha value is -1.96. The summed E-state index contributed by atoms with van der Waals surface area (Å²) in [6.07, 6.45) is 8.59. The van der Waals surface area contributed by atoms with Crippen LogP contribution < -0.4 is 0 Å². The summed E-state index contributed by atoms with van der Waals surface area (Å²) in [5, 5.41) is 9.77. The lowest BCUT2D eigenvalue weighted by Gasteiger charge is -2.71. The van der Waals surface area contributed by atoms with Crippen LogP contribution in [0.3, 0.4) is 0 Å². The molecule has 0 saturated heterocycles. The van der Waals surface area contributed by atoms with Gasteiger partial charge in [-0.3, -0.25) is 14.4 Å². The Balaban J connectivity index is 1.63. The van der Waals surface area contributed by atoms with Crippen LogP contribution in [0, 0.1) is 68.0 Å². The first kappa shape index (κ1) is 25.7. The Labute approximate surface area is 216 Å². The van der Waals surface area contributed by atoms with E-state index in [1.54, 1.807) is 0 Å². The summed E-state index contributed by atoms with van der Waals surface area (Å²) in [4.78, 5) is 40.6. The number of nitriles is 1. The third kappa shape index (κ3) is 3.02. The number of carbonyl (C=O) groups excluding carboxylic acids is 3. The van der Waals surface area contributed by atoms with Crippen molar-refractivity contribution in [2.75, 3.05) is 7.11 Å². The number of carbonyl (C=O) groups is 3. The van der Waals surface area contributed by atoms with Crippen molar-refractivity contribution in [1.29, 1.82) is 5.26 Å². The number of ketones is 2. The van der Waals surface area contributed by atoms with E-state index in [0.717, 1.165) is 44.9 Å². The zero-order valence-corrected chi connectivity index (χ0v) is 23.2. The number of esters is 1. The molecule has 0 radical (unpaired) electrons. The molecule has 5 aliphatic carbocycles. The highest BCUT2D eigenvalue weighted by molar-refractivity contribution is 6.01. The zero-order valence-electron chi connectivity index (χ0n) is 23.2. The molecule has 5 aliphatic rings. The van der Waals surface area contributed by atoms with Crippen molar-refractivity contribution in [2.24, 2.45) is 56.7 Å². The van der Waals surface area contributed by atoms with Crippen molar-refractivity contribution >= 4 is 17.5 Å². The van der Waals surface area contributed by atoms with Crippen molar-refractivity contribution in [3.63, 3.8) is 0 Å². The van der Waals surface area contributed by atoms with Gasteiger partial charge in [-0.1, -0.05) is 47.6 Å². The van der Waals surface area contributed by atoms with E-state index in [0.29, 0.717) is 6.42 Å². The fourth-order valence-electron chi connectivity index (χ4n) is 10.5. The van der Waals surface area contributed by atoms with Crippen molar-refractivity contribution in [3.8, 4) is 6.07 Å². The minimum atomic E-state index is -0.561. The molecule has 0 N–H and O–H groups in total. The summed E-state index contributed by atoms with van der Waals surface area (Å²) in [5.74, 6) is -0.0000937. The van der Waals surface area contributed by atoms with E-state index in [4.69, 9.17) is 4.74 Å². The second-order valence-corrected chi connectivity index (χ2v) is 14.5. The van der Waals surface area contributed by atoms with Crippen LogP contribution in [0.25, 0.3) is 0 Å². The average molecular weight is 494 g/mol. The lowest BCUT2D eigenvalue weighted by molar-refractivity contribution is -0.223. The first-order chi connectivity index (χ1) is 16.7. The molecular weight excluding hydrogens is 450 g/mol. The van der Waals surface area contributed by atoms with E-state index in [-0.39, 0.29) is 74.4 Å². The van der Waals surface area contributed by atoms with Gasteiger partial charge in [-0.2, -0.15) is 5.26 Å². The maximum Gasteiger partial charge on any atom is 0.312 e. The lowest BCUT2D eigenvalue weighted by atomic mass is 9.32. The van der Waals surface area contributed by atoms with E-state index in [2.05, 4.69) is 40.7 Å². The van der Waals surface area contributed by atoms with Gasteiger partial charge < -0.3 is 4.74 Å². The van der Waals surface area contributed by atoms with Crippen LogP contribution in [0.5, 0.6) is 0 Å². The van der Waals surface area contributed by atoms with Crippen LogP contribution in [-0.2, 0) is 19.1 Å². The third-order valence-corrected chi connectivity index (χ3v) is 12.7. The molecule has 9 unspecified atom stereocenters. The van der Waals surface area contributed by atoms with E-state index in [1.807, 2.05) is 13.0 Å². The molecule has 0 aromatic carbocycles. The molecule has 9 atom stereocenters. The van der Waals surface area contributed by atoms with Gasteiger partial charge in [0.05, 0.1) is 18.1 Å². The van der Waals surface area contributed by atoms with Gasteiger partial charge in [0.1, 0.15) is 11.9 Å². The number of hydrogen-bond acceptors (Lipinski definition) is 5. The molecule has 0 bridgehead atoms. The topological polar surface area (TPSA) is 84.2 Å². The largest absolute Gasteiger partial charge is 0.469 e. The molecule has 4 fully saturated rings. The number of Topliss-reactive ketones (excluding diaryl/α,β-unsaturated/α-hetero) is 2. The summed E-state index contributed by atoms with van der Waals surface area (Å²) < 4.78 is 5.41. The summed E-state index contributed by atoms with van der Waals surface area (Å²) in [7, 11) is 1.49. The lowest BCUT2D eigenvalue weighted by Crippen LogP contribution is -2.68. The van der Waals surface area contributed by atoms with Gasteiger partial charge in [-0.25, -0.2) is 0 Å². The predicted molar refractivity (Wildman–Crippen MR) is 136 cm³/mol. The average Bonchev–Trinajstić information content (AvgIpc) is 2.82. The van der Waals surface area contributed by atoms with Crippen molar-refractivity contribution < 1.29 is 19.1 Å². The summed E-state index contributed by atoms with van der Waals surface area (Å²) in [6, 6.07) is 2.17. The standard InChI is InChI=1S/C31H43NO4/c1-18-20-8-9-29(5)23(28(20,4)15-19(17-32)25(18)34)14-22(33)24-21-16-27(2,3)10-12-31(21,26(35)36-7)13-11-30(24,29)6/h15,18,20-21,23-24H,8-14,16H2,1-7H3. The molecule has 36 heavy (non-hydrogen) atoms. The Morgan fingerprint density at radius 3 is 2.31 bits per heavy atom. The van der Waals surface area contributed by atoms with Crippen LogP contribution in [0.4, 0.5) is 0 Å². The number of fused-ring (bicyclic) bond motifs is 7. The summed E-state index contributed by atoms with van der Waals surface area (Å²) >= 11 is 0. The molecule has 0 aromatic rings. The van der Waals surface area contributed by atoms with Crippen molar-refractivity contribution in [3.05, 3.63) is 11.6 Å². The highest BCUT2D eigenvalue weighted by atomic mass is 16.5. The van der Waals surface area contributed by atoms with Gasteiger partial charge in [0.2, 0.25) is 0 Å². The van der Waals surface area contributed by atoms with Crippen LogP contribution in [0.1, 0.15) is 92.9 Å². The van der Waals surface area contributed by atoms with Gasteiger partial charge in [-0.05, 0) is 84.4 Å². The fraction of sp³-hybridized carbons (Fsp3) is 0.806. The van der Waals surface area contributed by atoms with Crippen molar-refractivity contribution in [1.82, 2.24) is 0 Å². The number of rotatable bonds is 1. The van der Waals surface area contributed by atoms with Crippen LogP contribution in [-0.4, -0.2) is 24.6 Å². The predicted octanol–water partition coefficient (Wildman–Crippen LogP) is 6.07. The fourth-order valence-corrected chi connectivity index (χ4v) is 10.5. The number of methoxy groups -OCH3 is 1. The highest BCUT2D eigenvalue weighted by Crippen LogP contribution is 2.75. The number of allylic oxidation sites excluding steroid dienone is 2. The van der Waals surface area contributed by atoms with Crippen LogP contribution >= 0.6 is 0 Å². The van der Waals surface area contributed by atoms with E-state index >= 15 is 0 Å². The number of ether oxygens (including phenoxy) is 1. The quantitative estimate of drug-likeness (QED) is 0.414. The number of hydrogen-bond donors (Lipinski definition) is 0. The second kappa shape index (κ2) is 7.78. The van der Waals surface area contributed by atoms with Crippen molar-refractivity contribution in [2.45, 2.75) is 92.9 Å². The van der Waals surface area contributed by atoms with Crippen LogP contribution in [0.2, 0.25) is 0 Å². The maximum atomic E-state index is 14.4. The van der Waals surface area contributed by atoms with E-state index < -0.39 is 5.41 Å². The minimum Gasteiger partial charge on any atom is -0.469 e. The van der Waals surface area contributed by atoms with Gasteiger partial charge in [0.15, 0.2) is 5.78 Å². The zero-order chi connectivity index (χ0) is 26.5. The molecule has 0 heterocycles. The highest BCUT2D eigenvalue weighted by Gasteiger charge is 2.72. The molecule has 0 aromatic heterocycles. The number of nitrogens with zero attached hydrogens (tertiary/aromatic N) is 1. The Morgan fingerprint density at radius 1 is 1.00 bits per heavy atom. The monoisotopic (exact) mass is 493 g/mol. The molecule has 0 aliphatic heterocycles.